The SMILES string of the molecule is CNC(=O)c1cccc(C(=O)NC(C)(C)CN)c1. The Bertz CT molecular complexity index is 455. The lowest BCUT2D eigenvalue weighted by atomic mass is 10.0. The molecule has 0 aliphatic carbocycles. The molecular weight excluding hydrogens is 230 g/mol. The van der Waals surface area contributed by atoms with E-state index in [-0.39, 0.29) is 11.8 Å². The predicted octanol–water partition coefficient (Wildman–Crippen LogP) is 0.513. The van der Waals surface area contributed by atoms with Crippen LogP contribution in [0.5, 0.6) is 0 Å². The Morgan fingerprint density at radius 2 is 1.78 bits per heavy atom. The molecule has 0 aromatic heterocycles. The first-order chi connectivity index (χ1) is 8.39. The summed E-state index contributed by atoms with van der Waals surface area (Å²) in [5, 5.41) is 5.33. The van der Waals surface area contributed by atoms with Gasteiger partial charge < -0.3 is 16.4 Å². The standard InChI is InChI=1S/C13H19N3O2/c1-13(2,8-14)16-12(18)10-6-4-5-9(7-10)11(17)15-3/h4-7H,8,14H2,1-3H3,(H,15,17)(H,16,18). The minimum Gasteiger partial charge on any atom is -0.355 e. The zero-order valence-electron chi connectivity index (χ0n) is 10.9. The molecule has 1 aromatic rings. The molecule has 0 aliphatic rings. The van der Waals surface area contributed by atoms with Crippen LogP contribution in [0.15, 0.2) is 24.3 Å². The van der Waals surface area contributed by atoms with Gasteiger partial charge in [-0.3, -0.25) is 9.59 Å². The quantitative estimate of drug-likeness (QED) is 0.727. The number of hydrogen-bond acceptors (Lipinski definition) is 3. The molecule has 0 radical (unpaired) electrons. The summed E-state index contributed by atoms with van der Waals surface area (Å²) in [5.74, 6) is -0.459. The van der Waals surface area contributed by atoms with Gasteiger partial charge >= 0.3 is 0 Å². The van der Waals surface area contributed by atoms with E-state index in [1.165, 1.54) is 0 Å². The van der Waals surface area contributed by atoms with Crippen molar-refractivity contribution in [1.82, 2.24) is 10.6 Å². The highest BCUT2D eigenvalue weighted by molar-refractivity contribution is 5.99. The molecule has 0 saturated carbocycles. The lowest BCUT2D eigenvalue weighted by Gasteiger charge is -2.24. The first-order valence-corrected chi connectivity index (χ1v) is 5.74. The van der Waals surface area contributed by atoms with Gasteiger partial charge in [0.05, 0.1) is 0 Å². The van der Waals surface area contributed by atoms with Crippen LogP contribution in [0.2, 0.25) is 0 Å². The van der Waals surface area contributed by atoms with Crippen molar-refractivity contribution >= 4 is 11.8 Å². The summed E-state index contributed by atoms with van der Waals surface area (Å²) in [6, 6.07) is 6.55. The first-order valence-electron chi connectivity index (χ1n) is 5.74. The number of nitrogens with one attached hydrogen (secondary N) is 2. The summed E-state index contributed by atoms with van der Waals surface area (Å²) in [7, 11) is 1.55. The van der Waals surface area contributed by atoms with Gasteiger partial charge in [-0.15, -0.1) is 0 Å². The molecule has 0 fully saturated rings. The van der Waals surface area contributed by atoms with Gasteiger partial charge in [-0.2, -0.15) is 0 Å². The first kappa shape index (κ1) is 14.2. The van der Waals surface area contributed by atoms with E-state index in [2.05, 4.69) is 10.6 Å². The molecule has 1 rings (SSSR count). The number of carbonyl (C=O) groups is 2. The molecule has 98 valence electrons. The van der Waals surface area contributed by atoms with Crippen molar-refractivity contribution in [3.05, 3.63) is 35.4 Å². The Balaban J connectivity index is 2.90. The molecule has 4 N–H and O–H groups in total. The van der Waals surface area contributed by atoms with Crippen LogP contribution in [0.1, 0.15) is 34.6 Å². The van der Waals surface area contributed by atoms with Crippen molar-refractivity contribution in [1.29, 1.82) is 0 Å². The van der Waals surface area contributed by atoms with Gasteiger partial charge in [0.1, 0.15) is 0 Å². The van der Waals surface area contributed by atoms with Crippen LogP contribution < -0.4 is 16.4 Å². The Morgan fingerprint density at radius 1 is 1.22 bits per heavy atom. The molecule has 0 spiro atoms. The summed E-state index contributed by atoms with van der Waals surface area (Å²) in [5.41, 5.74) is 5.98. The number of benzene rings is 1. The van der Waals surface area contributed by atoms with Crippen molar-refractivity contribution < 1.29 is 9.59 Å². The number of nitrogens with two attached hydrogens (primary N) is 1. The van der Waals surface area contributed by atoms with Gasteiger partial charge in [0.25, 0.3) is 11.8 Å². The second-order valence-corrected chi connectivity index (χ2v) is 4.70. The Kier molecular flexibility index (Phi) is 4.44. The smallest absolute Gasteiger partial charge is 0.251 e. The molecule has 0 unspecified atom stereocenters. The van der Waals surface area contributed by atoms with Crippen LogP contribution >= 0.6 is 0 Å². The molecule has 0 aliphatic heterocycles. The second-order valence-electron chi connectivity index (χ2n) is 4.70. The van der Waals surface area contributed by atoms with Gasteiger partial charge in [-0.05, 0) is 32.0 Å². The van der Waals surface area contributed by atoms with E-state index in [0.717, 1.165) is 0 Å². The molecule has 0 bridgehead atoms. The number of rotatable bonds is 4. The molecule has 5 nitrogen and oxygen atoms in total. The minimum atomic E-state index is -0.472. The fraction of sp³-hybridized carbons (Fsp3) is 0.385. The summed E-state index contributed by atoms with van der Waals surface area (Å²) in [4.78, 5) is 23.5. The maximum Gasteiger partial charge on any atom is 0.251 e. The molecule has 18 heavy (non-hydrogen) atoms. The van der Waals surface area contributed by atoms with Crippen molar-refractivity contribution in [3.8, 4) is 0 Å². The zero-order chi connectivity index (χ0) is 13.8. The van der Waals surface area contributed by atoms with Crippen molar-refractivity contribution in [2.75, 3.05) is 13.6 Å². The predicted molar refractivity (Wildman–Crippen MR) is 70.4 cm³/mol. The lowest BCUT2D eigenvalue weighted by molar-refractivity contribution is 0.0915. The highest BCUT2D eigenvalue weighted by Gasteiger charge is 2.19. The van der Waals surface area contributed by atoms with E-state index < -0.39 is 5.54 Å². The largest absolute Gasteiger partial charge is 0.355 e. The van der Waals surface area contributed by atoms with E-state index in [9.17, 15) is 9.59 Å². The van der Waals surface area contributed by atoms with Crippen LogP contribution in [0.25, 0.3) is 0 Å². The number of hydrogen-bond donors (Lipinski definition) is 3. The van der Waals surface area contributed by atoms with Crippen LogP contribution in [0, 0.1) is 0 Å². The van der Waals surface area contributed by atoms with Crippen LogP contribution in [-0.2, 0) is 0 Å². The van der Waals surface area contributed by atoms with E-state index in [4.69, 9.17) is 5.73 Å². The highest BCUT2D eigenvalue weighted by atomic mass is 16.2. The maximum absolute atomic E-state index is 12.0. The van der Waals surface area contributed by atoms with Crippen LogP contribution in [0.4, 0.5) is 0 Å². The highest BCUT2D eigenvalue weighted by Crippen LogP contribution is 2.07. The number of amides is 2. The maximum atomic E-state index is 12.0. The molecule has 0 atom stereocenters. The average Bonchev–Trinajstić information content (AvgIpc) is 2.37. The molecular formula is C13H19N3O2. The van der Waals surface area contributed by atoms with Gasteiger partial charge in [0.2, 0.25) is 0 Å². The molecule has 2 amide bonds. The minimum absolute atomic E-state index is 0.220. The van der Waals surface area contributed by atoms with Gasteiger partial charge in [0, 0.05) is 30.3 Å². The van der Waals surface area contributed by atoms with E-state index >= 15 is 0 Å². The summed E-state index contributed by atoms with van der Waals surface area (Å²) < 4.78 is 0. The molecule has 1 aromatic carbocycles. The zero-order valence-corrected chi connectivity index (χ0v) is 10.9. The van der Waals surface area contributed by atoms with Crippen LogP contribution in [-0.4, -0.2) is 30.9 Å². The summed E-state index contributed by atoms with van der Waals surface area (Å²) >= 11 is 0. The second kappa shape index (κ2) is 5.64. The molecule has 5 heteroatoms. The van der Waals surface area contributed by atoms with Crippen molar-refractivity contribution in [3.63, 3.8) is 0 Å². The fourth-order valence-corrected chi connectivity index (χ4v) is 1.38. The average molecular weight is 249 g/mol. The fourth-order valence-electron chi connectivity index (χ4n) is 1.38. The molecule has 0 saturated heterocycles. The van der Waals surface area contributed by atoms with Gasteiger partial charge in [-0.1, -0.05) is 6.07 Å². The normalized spacial score (nSPS) is 10.9. The van der Waals surface area contributed by atoms with Gasteiger partial charge in [0.15, 0.2) is 0 Å². The summed E-state index contributed by atoms with van der Waals surface area (Å²) in [6.07, 6.45) is 0. The van der Waals surface area contributed by atoms with Gasteiger partial charge in [-0.25, -0.2) is 0 Å². The number of carbonyl (C=O) groups excluding carboxylic acids is 2. The topological polar surface area (TPSA) is 84.2 Å². The lowest BCUT2D eigenvalue weighted by Crippen LogP contribution is -2.48. The van der Waals surface area contributed by atoms with Crippen molar-refractivity contribution in [2.45, 2.75) is 19.4 Å². The summed E-state index contributed by atoms with van der Waals surface area (Å²) in [6.45, 7) is 4.02. The third-order valence-corrected chi connectivity index (χ3v) is 2.58. The monoisotopic (exact) mass is 249 g/mol. The Labute approximate surface area is 107 Å². The van der Waals surface area contributed by atoms with Crippen molar-refractivity contribution in [2.24, 2.45) is 5.73 Å². The Morgan fingerprint density at radius 3 is 2.28 bits per heavy atom. The van der Waals surface area contributed by atoms with E-state index in [1.807, 2.05) is 13.8 Å². The molecule has 0 heterocycles. The van der Waals surface area contributed by atoms with E-state index in [0.29, 0.717) is 17.7 Å². The van der Waals surface area contributed by atoms with Crippen LogP contribution in [0.3, 0.4) is 0 Å². The third-order valence-electron chi connectivity index (χ3n) is 2.58. The third kappa shape index (κ3) is 3.56. The Hall–Kier alpha value is -1.88. The van der Waals surface area contributed by atoms with E-state index in [1.54, 1.807) is 31.3 Å².